The molecule has 112 valence electrons. The first-order valence-electron chi connectivity index (χ1n) is 7.22. The van der Waals surface area contributed by atoms with Crippen LogP contribution in [0.25, 0.3) is 0 Å². The molecule has 1 N–H and O–H groups in total. The minimum Gasteiger partial charge on any atom is -0.389 e. The number of hydrogen-bond donors (Lipinski definition) is 1. The number of rotatable bonds is 4. The molecule has 0 bridgehead atoms. The molecule has 1 saturated carbocycles. The number of hydrogen-bond acceptors (Lipinski definition) is 2. The zero-order chi connectivity index (χ0) is 14.8. The summed E-state index contributed by atoms with van der Waals surface area (Å²) in [5.41, 5.74) is -0.306. The maximum Gasteiger partial charge on any atom is 0.126 e. The minimum absolute atomic E-state index is 0.185. The molecule has 0 radical (unpaired) electrons. The van der Waals surface area contributed by atoms with Crippen LogP contribution in [0.1, 0.15) is 31.2 Å². The second kappa shape index (κ2) is 6.42. The van der Waals surface area contributed by atoms with Crippen LogP contribution in [0.2, 0.25) is 5.02 Å². The second-order valence-corrected chi connectivity index (χ2v) is 6.66. The minimum atomic E-state index is -0.825. The van der Waals surface area contributed by atoms with E-state index in [0.717, 1.165) is 32.2 Å². The van der Waals surface area contributed by atoms with Gasteiger partial charge in [0.15, 0.2) is 0 Å². The molecule has 4 heteroatoms. The van der Waals surface area contributed by atoms with Gasteiger partial charge in [-0.2, -0.15) is 0 Å². The van der Waals surface area contributed by atoms with Crippen molar-refractivity contribution in [3.63, 3.8) is 0 Å². The molecule has 0 aromatic heterocycles. The Balaban J connectivity index is 2.20. The standard InChI is InChI=1S/C16H23ClFNO/c1-19(2)11-13-5-3-4-8-16(13,20)10-12-9-14(17)6-7-15(12)18/h6-7,9,13,20H,3-5,8,10-11H2,1-2H3. The van der Waals surface area contributed by atoms with Gasteiger partial charge in [0.2, 0.25) is 0 Å². The van der Waals surface area contributed by atoms with Gasteiger partial charge in [-0.05, 0) is 50.7 Å². The van der Waals surface area contributed by atoms with Gasteiger partial charge in [0, 0.05) is 23.9 Å². The van der Waals surface area contributed by atoms with Gasteiger partial charge in [0.05, 0.1) is 5.60 Å². The van der Waals surface area contributed by atoms with Crippen LogP contribution in [-0.4, -0.2) is 36.2 Å². The molecule has 1 aliphatic rings. The summed E-state index contributed by atoms with van der Waals surface area (Å²) in [4.78, 5) is 2.09. The largest absolute Gasteiger partial charge is 0.389 e. The van der Waals surface area contributed by atoms with E-state index in [1.807, 2.05) is 14.1 Å². The molecule has 0 heterocycles. The first kappa shape index (κ1) is 15.7. The third-order valence-electron chi connectivity index (χ3n) is 4.26. The van der Waals surface area contributed by atoms with Crippen LogP contribution in [0.4, 0.5) is 4.39 Å². The van der Waals surface area contributed by atoms with E-state index >= 15 is 0 Å². The highest BCUT2D eigenvalue weighted by Gasteiger charge is 2.39. The zero-order valence-electron chi connectivity index (χ0n) is 12.2. The summed E-state index contributed by atoms with van der Waals surface area (Å²) < 4.78 is 13.9. The summed E-state index contributed by atoms with van der Waals surface area (Å²) >= 11 is 5.94. The Morgan fingerprint density at radius 1 is 1.40 bits per heavy atom. The van der Waals surface area contributed by atoms with E-state index in [1.54, 1.807) is 12.1 Å². The summed E-state index contributed by atoms with van der Waals surface area (Å²) in [6.45, 7) is 0.832. The van der Waals surface area contributed by atoms with E-state index < -0.39 is 5.60 Å². The summed E-state index contributed by atoms with van der Waals surface area (Å²) in [6, 6.07) is 4.56. The van der Waals surface area contributed by atoms with E-state index in [4.69, 9.17) is 11.6 Å². The monoisotopic (exact) mass is 299 g/mol. The maximum atomic E-state index is 13.9. The van der Waals surface area contributed by atoms with Crippen LogP contribution in [0.5, 0.6) is 0 Å². The molecule has 0 amide bonds. The predicted octanol–water partition coefficient (Wildman–Crippen LogP) is 3.50. The van der Waals surface area contributed by atoms with Gasteiger partial charge in [0.25, 0.3) is 0 Å². The van der Waals surface area contributed by atoms with E-state index in [1.165, 1.54) is 6.07 Å². The van der Waals surface area contributed by atoms with Gasteiger partial charge in [0.1, 0.15) is 5.82 Å². The lowest BCUT2D eigenvalue weighted by Crippen LogP contribution is -2.47. The molecule has 1 fully saturated rings. The molecular formula is C16H23ClFNO. The molecule has 20 heavy (non-hydrogen) atoms. The lowest BCUT2D eigenvalue weighted by Gasteiger charge is -2.41. The van der Waals surface area contributed by atoms with Crippen LogP contribution in [0.15, 0.2) is 18.2 Å². The molecule has 1 aromatic rings. The molecule has 1 aromatic carbocycles. The van der Waals surface area contributed by atoms with Gasteiger partial charge in [-0.25, -0.2) is 4.39 Å². The molecule has 0 spiro atoms. The fourth-order valence-electron chi connectivity index (χ4n) is 3.24. The maximum absolute atomic E-state index is 13.9. The van der Waals surface area contributed by atoms with Crippen molar-refractivity contribution in [1.29, 1.82) is 0 Å². The Hall–Kier alpha value is -0.640. The van der Waals surface area contributed by atoms with Gasteiger partial charge in [-0.1, -0.05) is 24.4 Å². The van der Waals surface area contributed by atoms with E-state index in [0.29, 0.717) is 17.0 Å². The molecule has 2 nitrogen and oxygen atoms in total. The topological polar surface area (TPSA) is 23.5 Å². The zero-order valence-corrected chi connectivity index (χ0v) is 13.0. The third kappa shape index (κ3) is 3.72. The smallest absolute Gasteiger partial charge is 0.126 e. The van der Waals surface area contributed by atoms with Crippen molar-refractivity contribution >= 4 is 11.6 Å². The second-order valence-electron chi connectivity index (χ2n) is 6.22. The average Bonchev–Trinajstić information content (AvgIpc) is 2.36. The molecule has 0 saturated heterocycles. The summed E-state index contributed by atoms with van der Waals surface area (Å²) in [5.74, 6) is -0.0957. The number of nitrogens with zero attached hydrogens (tertiary/aromatic N) is 1. The Bertz CT molecular complexity index is 466. The van der Waals surface area contributed by atoms with Crippen molar-refractivity contribution in [3.8, 4) is 0 Å². The normalized spacial score (nSPS) is 27.0. The molecule has 0 aliphatic heterocycles. The highest BCUT2D eigenvalue weighted by molar-refractivity contribution is 6.30. The van der Waals surface area contributed by atoms with Crippen molar-refractivity contribution in [3.05, 3.63) is 34.6 Å². The van der Waals surface area contributed by atoms with Gasteiger partial charge >= 0.3 is 0 Å². The molecule has 2 atom stereocenters. The Morgan fingerprint density at radius 3 is 2.85 bits per heavy atom. The molecular weight excluding hydrogens is 277 g/mol. The van der Waals surface area contributed by atoms with Gasteiger partial charge < -0.3 is 10.0 Å². The third-order valence-corrected chi connectivity index (χ3v) is 4.50. The van der Waals surface area contributed by atoms with Crippen molar-refractivity contribution in [2.75, 3.05) is 20.6 Å². The van der Waals surface area contributed by atoms with Crippen LogP contribution >= 0.6 is 11.6 Å². The number of aliphatic hydroxyl groups is 1. The van der Waals surface area contributed by atoms with Crippen molar-refractivity contribution in [2.45, 2.75) is 37.7 Å². The van der Waals surface area contributed by atoms with Gasteiger partial charge in [-0.15, -0.1) is 0 Å². The van der Waals surface area contributed by atoms with Crippen LogP contribution in [-0.2, 0) is 6.42 Å². The Labute approximate surface area is 125 Å². The van der Waals surface area contributed by atoms with E-state index in [9.17, 15) is 9.50 Å². The summed E-state index contributed by atoms with van der Waals surface area (Å²) in [7, 11) is 4.02. The lowest BCUT2D eigenvalue weighted by atomic mass is 9.72. The van der Waals surface area contributed by atoms with Crippen molar-refractivity contribution in [2.24, 2.45) is 5.92 Å². The van der Waals surface area contributed by atoms with Crippen molar-refractivity contribution < 1.29 is 9.50 Å². The molecule has 2 rings (SSSR count). The lowest BCUT2D eigenvalue weighted by molar-refractivity contribution is -0.0557. The van der Waals surface area contributed by atoms with Gasteiger partial charge in [-0.3, -0.25) is 0 Å². The number of benzene rings is 1. The summed E-state index contributed by atoms with van der Waals surface area (Å²) in [6.07, 6.45) is 4.22. The Morgan fingerprint density at radius 2 is 2.15 bits per heavy atom. The first-order chi connectivity index (χ1) is 9.40. The van der Waals surface area contributed by atoms with Crippen LogP contribution < -0.4 is 0 Å². The first-order valence-corrected chi connectivity index (χ1v) is 7.59. The highest BCUT2D eigenvalue weighted by atomic mass is 35.5. The Kier molecular flexibility index (Phi) is 5.05. The van der Waals surface area contributed by atoms with E-state index in [2.05, 4.69) is 4.90 Å². The average molecular weight is 300 g/mol. The van der Waals surface area contributed by atoms with Crippen LogP contribution in [0, 0.1) is 11.7 Å². The quantitative estimate of drug-likeness (QED) is 0.920. The molecule has 1 aliphatic carbocycles. The SMILES string of the molecule is CN(C)CC1CCCCC1(O)Cc1cc(Cl)ccc1F. The molecule has 2 unspecified atom stereocenters. The predicted molar refractivity (Wildman–Crippen MR) is 80.6 cm³/mol. The van der Waals surface area contributed by atoms with Crippen molar-refractivity contribution in [1.82, 2.24) is 4.90 Å². The number of halogens is 2. The fourth-order valence-corrected chi connectivity index (χ4v) is 3.43. The van der Waals surface area contributed by atoms with Crippen LogP contribution in [0.3, 0.4) is 0 Å². The summed E-state index contributed by atoms with van der Waals surface area (Å²) in [5, 5.41) is 11.5. The highest BCUT2D eigenvalue weighted by Crippen LogP contribution is 2.37. The fraction of sp³-hybridized carbons (Fsp3) is 0.625. The van der Waals surface area contributed by atoms with E-state index in [-0.39, 0.29) is 11.7 Å².